The van der Waals surface area contributed by atoms with Crippen LogP contribution in [0.5, 0.6) is 0 Å². The van der Waals surface area contributed by atoms with Gasteiger partial charge in [-0.2, -0.15) is 0 Å². The monoisotopic (exact) mass is 321 g/mol. The number of hydrogen-bond acceptors (Lipinski definition) is 1. The third-order valence-corrected chi connectivity index (χ3v) is 3.57. The molecule has 0 atom stereocenters. The second-order valence-corrected chi connectivity index (χ2v) is 5.21. The number of carbonyl (C=O) groups is 1. The topological polar surface area (TPSA) is 29.1 Å². The minimum absolute atomic E-state index is 0.0209. The molecule has 2 aromatic carbocycles. The minimum Gasteiger partial charge on any atom is -0.322 e. The molecule has 0 bridgehead atoms. The van der Waals surface area contributed by atoms with Gasteiger partial charge in [-0.15, -0.1) is 0 Å². The van der Waals surface area contributed by atoms with E-state index in [-0.39, 0.29) is 10.0 Å². The van der Waals surface area contributed by atoms with Gasteiger partial charge >= 0.3 is 0 Å². The van der Waals surface area contributed by atoms with Gasteiger partial charge in [0.2, 0.25) is 0 Å². The summed E-state index contributed by atoms with van der Waals surface area (Å²) < 4.78 is 14.1. The van der Waals surface area contributed by atoms with E-state index in [1.165, 1.54) is 6.07 Å². The highest BCUT2D eigenvalue weighted by molar-refractivity contribution is 9.10. The van der Waals surface area contributed by atoms with Crippen LogP contribution in [0.1, 0.15) is 21.5 Å². The van der Waals surface area contributed by atoms with Gasteiger partial charge in [-0.25, -0.2) is 4.39 Å². The van der Waals surface area contributed by atoms with E-state index < -0.39 is 11.7 Å². The van der Waals surface area contributed by atoms with Crippen molar-refractivity contribution in [1.29, 1.82) is 0 Å². The minimum atomic E-state index is -0.552. The molecule has 19 heavy (non-hydrogen) atoms. The Kier molecular flexibility index (Phi) is 4.00. The van der Waals surface area contributed by atoms with Gasteiger partial charge in [0, 0.05) is 5.69 Å². The van der Waals surface area contributed by atoms with Gasteiger partial charge < -0.3 is 5.32 Å². The van der Waals surface area contributed by atoms with E-state index in [4.69, 9.17) is 0 Å². The van der Waals surface area contributed by atoms with Crippen molar-refractivity contribution in [3.8, 4) is 0 Å². The first-order chi connectivity index (χ1) is 8.99. The van der Waals surface area contributed by atoms with Gasteiger partial charge in [-0.1, -0.05) is 12.1 Å². The maximum atomic E-state index is 13.8. The molecule has 0 spiro atoms. The second-order valence-electron chi connectivity index (χ2n) is 4.35. The molecule has 0 saturated heterocycles. The van der Waals surface area contributed by atoms with Crippen LogP contribution in [-0.4, -0.2) is 5.91 Å². The molecule has 98 valence electrons. The van der Waals surface area contributed by atoms with E-state index in [0.29, 0.717) is 5.69 Å². The summed E-state index contributed by atoms with van der Waals surface area (Å²) in [4.78, 5) is 12.0. The van der Waals surface area contributed by atoms with E-state index in [2.05, 4.69) is 21.2 Å². The molecule has 2 nitrogen and oxygen atoms in total. The van der Waals surface area contributed by atoms with Gasteiger partial charge in [0.05, 0.1) is 10.0 Å². The summed E-state index contributed by atoms with van der Waals surface area (Å²) >= 11 is 3.07. The first kappa shape index (κ1) is 13.7. The number of carbonyl (C=O) groups excluding carboxylic acids is 1. The Balaban J connectivity index is 2.26. The summed E-state index contributed by atoms with van der Waals surface area (Å²) in [7, 11) is 0. The quantitative estimate of drug-likeness (QED) is 0.869. The van der Waals surface area contributed by atoms with Crippen molar-refractivity contribution in [1.82, 2.24) is 0 Å². The van der Waals surface area contributed by atoms with Gasteiger partial charge in [0.1, 0.15) is 5.82 Å². The molecule has 1 amide bonds. The van der Waals surface area contributed by atoms with Crippen molar-refractivity contribution in [2.45, 2.75) is 13.8 Å². The normalized spacial score (nSPS) is 10.3. The van der Waals surface area contributed by atoms with Crippen molar-refractivity contribution in [2.75, 3.05) is 5.32 Å². The van der Waals surface area contributed by atoms with Crippen LogP contribution in [0, 0.1) is 19.7 Å². The van der Waals surface area contributed by atoms with Crippen LogP contribution in [0.25, 0.3) is 0 Å². The largest absolute Gasteiger partial charge is 0.322 e. The highest BCUT2D eigenvalue weighted by Crippen LogP contribution is 2.20. The van der Waals surface area contributed by atoms with Crippen molar-refractivity contribution < 1.29 is 9.18 Å². The van der Waals surface area contributed by atoms with Crippen LogP contribution in [0.4, 0.5) is 10.1 Å². The Labute approximate surface area is 119 Å². The summed E-state index contributed by atoms with van der Waals surface area (Å²) in [5.74, 6) is -1.01. The van der Waals surface area contributed by atoms with E-state index in [0.717, 1.165) is 11.1 Å². The zero-order valence-corrected chi connectivity index (χ0v) is 12.2. The second kappa shape index (κ2) is 5.53. The molecule has 2 rings (SSSR count). The molecule has 0 aliphatic heterocycles. The van der Waals surface area contributed by atoms with Gasteiger partial charge in [0.15, 0.2) is 0 Å². The fraction of sp³-hybridized carbons (Fsp3) is 0.133. The van der Waals surface area contributed by atoms with Crippen LogP contribution in [-0.2, 0) is 0 Å². The number of aryl methyl sites for hydroxylation is 2. The molecule has 0 radical (unpaired) electrons. The Hall–Kier alpha value is -1.68. The molecular formula is C15H13BrFNO. The molecular weight excluding hydrogens is 309 g/mol. The molecule has 4 heteroatoms. The number of hydrogen-bond donors (Lipinski definition) is 1. The predicted molar refractivity (Wildman–Crippen MR) is 78.0 cm³/mol. The summed E-state index contributed by atoms with van der Waals surface area (Å²) in [5.41, 5.74) is 2.90. The first-order valence-electron chi connectivity index (χ1n) is 5.81. The number of amides is 1. The number of rotatable bonds is 2. The first-order valence-corrected chi connectivity index (χ1v) is 6.61. The summed E-state index contributed by atoms with van der Waals surface area (Å²) in [6, 6.07) is 10.2. The van der Waals surface area contributed by atoms with Crippen LogP contribution < -0.4 is 5.32 Å². The molecule has 0 aromatic heterocycles. The SMILES string of the molecule is Cc1ccc(NC(=O)c2cccc(Br)c2F)cc1C. The third-order valence-electron chi connectivity index (χ3n) is 2.96. The maximum Gasteiger partial charge on any atom is 0.258 e. The number of nitrogens with one attached hydrogen (secondary N) is 1. The van der Waals surface area contributed by atoms with Crippen molar-refractivity contribution in [3.05, 3.63) is 63.4 Å². The lowest BCUT2D eigenvalue weighted by Crippen LogP contribution is -2.14. The molecule has 0 fully saturated rings. The van der Waals surface area contributed by atoms with Crippen LogP contribution >= 0.6 is 15.9 Å². The summed E-state index contributed by atoms with van der Waals surface area (Å²) in [6.07, 6.45) is 0. The van der Waals surface area contributed by atoms with Crippen LogP contribution in [0.15, 0.2) is 40.9 Å². The molecule has 2 aromatic rings. The van der Waals surface area contributed by atoms with Crippen LogP contribution in [0.3, 0.4) is 0 Å². The average molecular weight is 322 g/mol. The highest BCUT2D eigenvalue weighted by Gasteiger charge is 2.14. The van der Waals surface area contributed by atoms with Gasteiger partial charge in [-0.3, -0.25) is 4.79 Å². The predicted octanol–water partition coefficient (Wildman–Crippen LogP) is 4.46. The molecule has 0 aliphatic carbocycles. The zero-order valence-electron chi connectivity index (χ0n) is 10.6. The van der Waals surface area contributed by atoms with Gasteiger partial charge in [-0.05, 0) is 65.2 Å². The summed E-state index contributed by atoms with van der Waals surface area (Å²) in [5, 5.41) is 2.69. The van der Waals surface area contributed by atoms with E-state index in [1.54, 1.807) is 18.2 Å². The summed E-state index contributed by atoms with van der Waals surface area (Å²) in [6.45, 7) is 3.96. The third kappa shape index (κ3) is 3.01. The molecule has 1 N–H and O–H groups in total. The van der Waals surface area contributed by atoms with Crippen molar-refractivity contribution in [3.63, 3.8) is 0 Å². The lowest BCUT2D eigenvalue weighted by molar-refractivity contribution is 0.102. The molecule has 0 heterocycles. The Morgan fingerprint density at radius 2 is 1.89 bits per heavy atom. The molecule has 0 unspecified atom stereocenters. The van der Waals surface area contributed by atoms with E-state index >= 15 is 0 Å². The highest BCUT2D eigenvalue weighted by atomic mass is 79.9. The lowest BCUT2D eigenvalue weighted by Gasteiger charge is -2.08. The lowest BCUT2D eigenvalue weighted by atomic mass is 10.1. The number of anilines is 1. The fourth-order valence-corrected chi connectivity index (χ4v) is 2.06. The van der Waals surface area contributed by atoms with Gasteiger partial charge in [0.25, 0.3) is 5.91 Å². The maximum absolute atomic E-state index is 13.8. The van der Waals surface area contributed by atoms with Crippen molar-refractivity contribution >= 4 is 27.5 Å². The zero-order chi connectivity index (χ0) is 14.0. The average Bonchev–Trinajstić information content (AvgIpc) is 2.37. The fourth-order valence-electron chi connectivity index (χ4n) is 1.70. The molecule has 0 aliphatic rings. The number of halogens is 2. The van der Waals surface area contributed by atoms with Crippen molar-refractivity contribution in [2.24, 2.45) is 0 Å². The Morgan fingerprint density at radius 3 is 2.58 bits per heavy atom. The van der Waals surface area contributed by atoms with Crippen LogP contribution in [0.2, 0.25) is 0 Å². The van der Waals surface area contributed by atoms with E-state index in [1.807, 2.05) is 26.0 Å². The van der Waals surface area contributed by atoms with E-state index in [9.17, 15) is 9.18 Å². The standard InChI is InChI=1S/C15H13BrFNO/c1-9-6-7-11(8-10(9)2)18-15(19)12-4-3-5-13(16)14(12)17/h3-8H,1-2H3,(H,18,19). The number of benzene rings is 2. The smallest absolute Gasteiger partial charge is 0.258 e. The Morgan fingerprint density at radius 1 is 1.16 bits per heavy atom. The Bertz CT molecular complexity index is 640. The molecule has 0 saturated carbocycles.